The first-order chi connectivity index (χ1) is 9.29. The summed E-state index contributed by atoms with van der Waals surface area (Å²) in [6.45, 7) is 0. The molecule has 1 aliphatic heterocycles. The van der Waals surface area contributed by atoms with Gasteiger partial charge in [0.25, 0.3) is 0 Å². The largest absolute Gasteiger partial charge is 0.486 e. The van der Waals surface area contributed by atoms with E-state index in [0.717, 1.165) is 17.3 Å². The number of rotatable bonds is 3. The molecule has 0 saturated heterocycles. The topological polar surface area (TPSA) is 65.1 Å². The molecule has 0 bridgehead atoms. The normalized spacial score (nSPS) is 19.6. The monoisotopic (exact) mass is 276 g/mol. The SMILES string of the molecule is Cn1ccnc1C(NN)C1CSc2ccccc2O1. The highest BCUT2D eigenvalue weighted by Gasteiger charge is 2.30. The Morgan fingerprint density at radius 1 is 1.53 bits per heavy atom. The minimum atomic E-state index is -0.124. The molecule has 19 heavy (non-hydrogen) atoms. The van der Waals surface area contributed by atoms with E-state index in [4.69, 9.17) is 10.6 Å². The molecule has 0 aliphatic carbocycles. The van der Waals surface area contributed by atoms with Gasteiger partial charge in [-0.2, -0.15) is 0 Å². The summed E-state index contributed by atoms with van der Waals surface area (Å²) >= 11 is 1.79. The van der Waals surface area contributed by atoms with Gasteiger partial charge in [-0.1, -0.05) is 12.1 Å². The molecule has 5 nitrogen and oxygen atoms in total. The number of fused-ring (bicyclic) bond motifs is 1. The second-order valence-electron chi connectivity index (χ2n) is 4.45. The van der Waals surface area contributed by atoms with Crippen molar-refractivity contribution in [2.45, 2.75) is 17.0 Å². The number of imidazole rings is 1. The Hall–Kier alpha value is -1.50. The Kier molecular flexibility index (Phi) is 3.46. The molecule has 0 radical (unpaired) electrons. The number of benzene rings is 1. The Morgan fingerprint density at radius 2 is 2.37 bits per heavy atom. The average molecular weight is 276 g/mol. The van der Waals surface area contributed by atoms with E-state index < -0.39 is 0 Å². The maximum atomic E-state index is 6.05. The highest BCUT2D eigenvalue weighted by molar-refractivity contribution is 7.99. The van der Waals surface area contributed by atoms with Gasteiger partial charge in [-0.05, 0) is 12.1 Å². The third-order valence-electron chi connectivity index (χ3n) is 3.22. The number of nitrogens with one attached hydrogen (secondary N) is 1. The van der Waals surface area contributed by atoms with Crippen LogP contribution < -0.4 is 16.0 Å². The molecule has 1 aromatic carbocycles. The molecule has 3 rings (SSSR count). The van der Waals surface area contributed by atoms with Crippen LogP contribution >= 0.6 is 11.8 Å². The molecule has 0 fully saturated rings. The first kappa shape index (κ1) is 12.5. The first-order valence-corrected chi connectivity index (χ1v) is 7.10. The van der Waals surface area contributed by atoms with E-state index in [1.807, 2.05) is 36.0 Å². The number of hydrazine groups is 1. The lowest BCUT2D eigenvalue weighted by atomic mass is 10.1. The van der Waals surface area contributed by atoms with E-state index >= 15 is 0 Å². The van der Waals surface area contributed by atoms with Crippen LogP contribution in [0.15, 0.2) is 41.6 Å². The molecular weight excluding hydrogens is 260 g/mol. The Labute approximate surface area is 116 Å². The van der Waals surface area contributed by atoms with Crippen LogP contribution in [-0.4, -0.2) is 21.4 Å². The summed E-state index contributed by atoms with van der Waals surface area (Å²) in [7, 11) is 1.95. The molecule has 2 aromatic rings. The standard InChI is InChI=1S/C13H16N4OS/c1-17-7-6-15-13(17)12(16-14)10-8-19-11-5-3-2-4-9(11)18-10/h2-7,10,12,16H,8,14H2,1H3. The van der Waals surface area contributed by atoms with Gasteiger partial charge >= 0.3 is 0 Å². The predicted molar refractivity (Wildman–Crippen MR) is 74.9 cm³/mol. The summed E-state index contributed by atoms with van der Waals surface area (Å²) in [5, 5.41) is 0. The van der Waals surface area contributed by atoms with Crippen LogP contribution in [0.1, 0.15) is 11.9 Å². The van der Waals surface area contributed by atoms with Gasteiger partial charge in [-0.3, -0.25) is 5.84 Å². The smallest absolute Gasteiger partial charge is 0.133 e. The number of thioether (sulfide) groups is 1. The van der Waals surface area contributed by atoms with Crippen molar-refractivity contribution in [2.75, 3.05) is 5.75 Å². The van der Waals surface area contributed by atoms with E-state index in [0.29, 0.717) is 0 Å². The first-order valence-electron chi connectivity index (χ1n) is 6.11. The van der Waals surface area contributed by atoms with Gasteiger partial charge in [-0.15, -0.1) is 11.8 Å². The van der Waals surface area contributed by atoms with Crippen LogP contribution in [0.5, 0.6) is 5.75 Å². The van der Waals surface area contributed by atoms with Crippen molar-refractivity contribution in [1.29, 1.82) is 0 Å². The summed E-state index contributed by atoms with van der Waals surface area (Å²) in [4.78, 5) is 5.52. The van der Waals surface area contributed by atoms with Crippen molar-refractivity contribution in [1.82, 2.24) is 15.0 Å². The summed E-state index contributed by atoms with van der Waals surface area (Å²) in [5.74, 6) is 8.33. The van der Waals surface area contributed by atoms with Crippen molar-refractivity contribution in [3.05, 3.63) is 42.5 Å². The number of hydrogen-bond acceptors (Lipinski definition) is 5. The maximum Gasteiger partial charge on any atom is 0.133 e. The fourth-order valence-electron chi connectivity index (χ4n) is 2.23. The van der Waals surface area contributed by atoms with Crippen molar-refractivity contribution < 1.29 is 4.74 Å². The summed E-state index contributed by atoms with van der Waals surface area (Å²) < 4.78 is 8.00. The fourth-order valence-corrected chi connectivity index (χ4v) is 3.26. The van der Waals surface area contributed by atoms with Crippen LogP contribution in [0.3, 0.4) is 0 Å². The summed E-state index contributed by atoms with van der Waals surface area (Å²) in [6.07, 6.45) is 3.64. The third kappa shape index (κ3) is 2.34. The maximum absolute atomic E-state index is 6.05. The average Bonchev–Trinajstić information content (AvgIpc) is 2.86. The molecule has 100 valence electrons. The number of nitrogens with two attached hydrogens (primary N) is 1. The second kappa shape index (κ2) is 5.24. The lowest BCUT2D eigenvalue weighted by Gasteiger charge is -2.31. The van der Waals surface area contributed by atoms with E-state index in [1.54, 1.807) is 18.0 Å². The van der Waals surface area contributed by atoms with Crippen LogP contribution in [0.4, 0.5) is 0 Å². The van der Waals surface area contributed by atoms with Crippen LogP contribution in [0, 0.1) is 0 Å². The van der Waals surface area contributed by atoms with Crippen molar-refractivity contribution in [2.24, 2.45) is 12.9 Å². The molecule has 6 heteroatoms. The second-order valence-corrected chi connectivity index (χ2v) is 5.52. The molecule has 3 N–H and O–H groups in total. The molecule has 0 amide bonds. The lowest BCUT2D eigenvalue weighted by Crippen LogP contribution is -2.43. The van der Waals surface area contributed by atoms with Crippen molar-refractivity contribution in [3.63, 3.8) is 0 Å². The molecule has 1 aliphatic rings. The van der Waals surface area contributed by atoms with Gasteiger partial charge in [0.2, 0.25) is 0 Å². The van der Waals surface area contributed by atoms with Crippen LogP contribution in [0.2, 0.25) is 0 Å². The molecule has 0 saturated carbocycles. The van der Waals surface area contributed by atoms with Gasteiger partial charge in [0.15, 0.2) is 0 Å². The van der Waals surface area contributed by atoms with Gasteiger partial charge in [0, 0.05) is 30.1 Å². The zero-order valence-electron chi connectivity index (χ0n) is 10.6. The molecule has 2 atom stereocenters. The van der Waals surface area contributed by atoms with E-state index in [9.17, 15) is 0 Å². The number of ether oxygens (including phenoxy) is 1. The van der Waals surface area contributed by atoms with Gasteiger partial charge in [-0.25, -0.2) is 10.4 Å². The van der Waals surface area contributed by atoms with E-state index in [-0.39, 0.29) is 12.1 Å². The zero-order valence-corrected chi connectivity index (χ0v) is 11.4. The number of nitrogens with zero attached hydrogens (tertiary/aromatic N) is 2. The lowest BCUT2D eigenvalue weighted by molar-refractivity contribution is 0.161. The minimum absolute atomic E-state index is 0.0361. The quantitative estimate of drug-likeness (QED) is 0.656. The molecule has 2 unspecified atom stereocenters. The number of para-hydroxylation sites is 1. The number of aryl methyl sites for hydroxylation is 1. The predicted octanol–water partition coefficient (Wildman–Crippen LogP) is 1.48. The third-order valence-corrected chi connectivity index (χ3v) is 4.36. The summed E-state index contributed by atoms with van der Waals surface area (Å²) in [5.41, 5.74) is 2.82. The van der Waals surface area contributed by atoms with Gasteiger partial charge < -0.3 is 9.30 Å². The molecule has 2 heterocycles. The zero-order chi connectivity index (χ0) is 13.2. The van der Waals surface area contributed by atoms with Gasteiger partial charge in [0.05, 0.1) is 0 Å². The fraction of sp³-hybridized carbons (Fsp3) is 0.308. The highest BCUT2D eigenvalue weighted by atomic mass is 32.2. The van der Waals surface area contributed by atoms with Gasteiger partial charge in [0.1, 0.15) is 23.7 Å². The highest BCUT2D eigenvalue weighted by Crippen LogP contribution is 2.37. The Balaban J connectivity index is 1.85. The van der Waals surface area contributed by atoms with Crippen LogP contribution in [0.25, 0.3) is 0 Å². The Bertz CT molecular complexity index is 571. The summed E-state index contributed by atoms with van der Waals surface area (Å²) in [6, 6.07) is 7.93. The molecule has 1 aromatic heterocycles. The van der Waals surface area contributed by atoms with Crippen molar-refractivity contribution in [3.8, 4) is 5.75 Å². The van der Waals surface area contributed by atoms with Crippen LogP contribution in [-0.2, 0) is 7.05 Å². The van der Waals surface area contributed by atoms with E-state index in [1.165, 1.54) is 4.90 Å². The Morgan fingerprint density at radius 3 is 3.11 bits per heavy atom. The van der Waals surface area contributed by atoms with E-state index in [2.05, 4.69) is 16.5 Å². The molecule has 0 spiro atoms. The molecular formula is C13H16N4OS. The van der Waals surface area contributed by atoms with Crippen molar-refractivity contribution >= 4 is 11.8 Å². The minimum Gasteiger partial charge on any atom is -0.486 e. The number of aromatic nitrogens is 2. The number of hydrogen-bond donors (Lipinski definition) is 2.